The Hall–Kier alpha value is -4.22. The SMILES string of the molecule is C=CC(=O)Nc1cnn(CCOC)c1-c1ncc2cc(-c3c(C)c(OC)cc(OC)c3Cl)[nH]c(=O)c2n1. The molecule has 2 N–H and O–H groups in total. The van der Waals surface area contributed by atoms with E-state index in [0.29, 0.717) is 57.7 Å². The first-order valence-electron chi connectivity index (χ1n) is 11.1. The second kappa shape index (κ2) is 10.8. The molecule has 4 rings (SSSR count). The van der Waals surface area contributed by atoms with Crippen molar-refractivity contribution in [2.45, 2.75) is 13.5 Å². The number of ether oxygens (including phenoxy) is 3. The minimum atomic E-state index is -0.451. The average molecular weight is 525 g/mol. The number of hydrogen-bond donors (Lipinski definition) is 2. The zero-order valence-corrected chi connectivity index (χ0v) is 21.5. The quantitative estimate of drug-likeness (QED) is 0.317. The van der Waals surface area contributed by atoms with E-state index in [1.807, 2.05) is 6.92 Å². The molecule has 0 aliphatic rings. The van der Waals surface area contributed by atoms with Crippen molar-refractivity contribution in [3.05, 3.63) is 58.1 Å². The molecule has 12 heteroatoms. The first-order chi connectivity index (χ1) is 17.8. The van der Waals surface area contributed by atoms with Gasteiger partial charge in [-0.25, -0.2) is 9.97 Å². The van der Waals surface area contributed by atoms with Gasteiger partial charge < -0.3 is 24.5 Å². The Morgan fingerprint density at radius 2 is 1.97 bits per heavy atom. The predicted octanol–water partition coefficient (Wildman–Crippen LogP) is 3.60. The molecule has 0 saturated carbocycles. The highest BCUT2D eigenvalue weighted by molar-refractivity contribution is 6.35. The largest absolute Gasteiger partial charge is 0.496 e. The highest BCUT2D eigenvalue weighted by atomic mass is 35.5. The molecule has 3 aromatic heterocycles. The molecule has 0 radical (unpaired) electrons. The van der Waals surface area contributed by atoms with E-state index in [1.165, 1.54) is 19.5 Å². The monoisotopic (exact) mass is 524 g/mol. The number of anilines is 1. The van der Waals surface area contributed by atoms with Gasteiger partial charge in [0.1, 0.15) is 22.7 Å². The second-order valence-electron chi connectivity index (χ2n) is 7.92. The van der Waals surface area contributed by atoms with E-state index in [9.17, 15) is 9.59 Å². The zero-order chi connectivity index (χ0) is 26.7. The highest BCUT2D eigenvalue weighted by Gasteiger charge is 2.21. The van der Waals surface area contributed by atoms with E-state index in [1.54, 1.807) is 31.0 Å². The Morgan fingerprint density at radius 1 is 1.22 bits per heavy atom. The van der Waals surface area contributed by atoms with E-state index in [4.69, 9.17) is 25.8 Å². The predicted molar refractivity (Wildman–Crippen MR) is 140 cm³/mol. The van der Waals surface area contributed by atoms with Gasteiger partial charge >= 0.3 is 0 Å². The van der Waals surface area contributed by atoms with Crippen LogP contribution in [0, 0.1) is 6.92 Å². The van der Waals surface area contributed by atoms with Gasteiger partial charge in [-0.2, -0.15) is 5.10 Å². The van der Waals surface area contributed by atoms with Gasteiger partial charge in [-0.3, -0.25) is 14.3 Å². The first-order valence-corrected chi connectivity index (χ1v) is 11.5. The third-order valence-electron chi connectivity index (χ3n) is 5.73. The molecule has 0 atom stereocenters. The lowest BCUT2D eigenvalue weighted by molar-refractivity contribution is -0.111. The molecular weight excluding hydrogens is 500 g/mol. The molecule has 4 aromatic rings. The molecule has 0 aliphatic heterocycles. The number of nitrogens with one attached hydrogen (secondary N) is 2. The van der Waals surface area contributed by atoms with Crippen LogP contribution >= 0.6 is 11.6 Å². The van der Waals surface area contributed by atoms with Crippen molar-refractivity contribution in [1.82, 2.24) is 24.7 Å². The molecule has 0 aliphatic carbocycles. The van der Waals surface area contributed by atoms with Crippen LogP contribution < -0.4 is 20.3 Å². The van der Waals surface area contributed by atoms with Gasteiger partial charge in [-0.1, -0.05) is 18.2 Å². The molecule has 3 heterocycles. The lowest BCUT2D eigenvalue weighted by Gasteiger charge is -2.16. The summed E-state index contributed by atoms with van der Waals surface area (Å²) in [4.78, 5) is 37.0. The topological polar surface area (TPSA) is 133 Å². The van der Waals surface area contributed by atoms with E-state index >= 15 is 0 Å². The Morgan fingerprint density at radius 3 is 2.65 bits per heavy atom. The summed E-state index contributed by atoms with van der Waals surface area (Å²) in [7, 11) is 4.61. The lowest BCUT2D eigenvalue weighted by Crippen LogP contribution is -2.14. The van der Waals surface area contributed by atoms with Crippen LogP contribution in [0.1, 0.15) is 5.56 Å². The summed E-state index contributed by atoms with van der Waals surface area (Å²) >= 11 is 6.61. The van der Waals surface area contributed by atoms with Gasteiger partial charge in [0.05, 0.1) is 50.0 Å². The van der Waals surface area contributed by atoms with E-state index < -0.39 is 11.5 Å². The summed E-state index contributed by atoms with van der Waals surface area (Å²) in [6.07, 6.45) is 4.16. The van der Waals surface area contributed by atoms with Crippen LogP contribution in [-0.2, 0) is 16.1 Å². The maximum absolute atomic E-state index is 13.2. The molecule has 0 bridgehead atoms. The summed E-state index contributed by atoms with van der Waals surface area (Å²) in [6, 6.07) is 3.42. The van der Waals surface area contributed by atoms with Gasteiger partial charge in [-0.05, 0) is 19.1 Å². The number of fused-ring (bicyclic) bond motifs is 1. The Bertz CT molecular complexity index is 1530. The summed E-state index contributed by atoms with van der Waals surface area (Å²) in [5, 5.41) is 7.82. The van der Waals surface area contributed by atoms with Crippen molar-refractivity contribution in [1.29, 1.82) is 0 Å². The Kier molecular flexibility index (Phi) is 7.55. The van der Waals surface area contributed by atoms with Crippen LogP contribution in [0.2, 0.25) is 5.02 Å². The summed E-state index contributed by atoms with van der Waals surface area (Å²) in [5.41, 5.74) is 2.25. The molecule has 1 amide bonds. The maximum Gasteiger partial charge on any atom is 0.275 e. The van der Waals surface area contributed by atoms with Crippen LogP contribution in [-0.4, -0.2) is 58.6 Å². The number of benzene rings is 1. The number of methoxy groups -OCH3 is 3. The number of carbonyl (C=O) groups excluding carboxylic acids is 1. The Balaban J connectivity index is 1.87. The van der Waals surface area contributed by atoms with Gasteiger partial charge in [-0.15, -0.1) is 0 Å². The van der Waals surface area contributed by atoms with Crippen molar-refractivity contribution in [2.75, 3.05) is 33.3 Å². The van der Waals surface area contributed by atoms with Crippen molar-refractivity contribution in [3.8, 4) is 34.3 Å². The molecule has 0 unspecified atom stereocenters. The minimum absolute atomic E-state index is 0.151. The summed E-state index contributed by atoms with van der Waals surface area (Å²) in [5.74, 6) is 0.750. The van der Waals surface area contributed by atoms with Gasteiger partial charge in [0.2, 0.25) is 5.91 Å². The van der Waals surface area contributed by atoms with Gasteiger partial charge in [0.25, 0.3) is 5.56 Å². The highest BCUT2D eigenvalue weighted by Crippen LogP contribution is 2.42. The van der Waals surface area contributed by atoms with Crippen LogP contribution in [0.25, 0.3) is 33.7 Å². The van der Waals surface area contributed by atoms with Crippen LogP contribution in [0.3, 0.4) is 0 Å². The molecular formula is C25H25ClN6O5. The molecule has 11 nitrogen and oxygen atoms in total. The van der Waals surface area contributed by atoms with Crippen molar-refractivity contribution < 1.29 is 19.0 Å². The van der Waals surface area contributed by atoms with Crippen LogP contribution in [0.5, 0.6) is 11.5 Å². The standard InChI is InChI=1S/C25H25ClN6O5/c1-6-19(33)29-16-12-28-32(7-8-35-3)23(16)24-27-11-14-9-15(30-25(34)22(14)31-24)20-13(2)17(36-4)10-18(37-5)21(20)26/h6,9-12H,1,7-8H2,2-5H3,(H,29,33)(H,30,34). The number of carbonyl (C=O) groups is 1. The molecule has 37 heavy (non-hydrogen) atoms. The molecule has 0 spiro atoms. The number of amides is 1. The van der Waals surface area contributed by atoms with E-state index in [0.717, 1.165) is 11.6 Å². The van der Waals surface area contributed by atoms with Crippen molar-refractivity contribution >= 4 is 34.1 Å². The smallest absolute Gasteiger partial charge is 0.275 e. The molecule has 1 aromatic carbocycles. The second-order valence-corrected chi connectivity index (χ2v) is 8.30. The molecule has 0 saturated heterocycles. The fraction of sp³-hybridized carbons (Fsp3) is 0.240. The minimum Gasteiger partial charge on any atom is -0.496 e. The fourth-order valence-electron chi connectivity index (χ4n) is 3.93. The van der Waals surface area contributed by atoms with Gasteiger partial charge in [0, 0.05) is 35.9 Å². The normalized spacial score (nSPS) is 10.9. The summed E-state index contributed by atoms with van der Waals surface area (Å²) < 4.78 is 17.6. The number of pyridine rings is 1. The average Bonchev–Trinajstić information content (AvgIpc) is 3.29. The Labute approximate surface area is 217 Å². The van der Waals surface area contributed by atoms with E-state index in [-0.39, 0.29) is 11.3 Å². The van der Waals surface area contributed by atoms with Gasteiger partial charge in [0.15, 0.2) is 5.82 Å². The number of H-pyrrole nitrogens is 1. The van der Waals surface area contributed by atoms with Crippen LogP contribution in [0.15, 0.2) is 42.0 Å². The number of rotatable bonds is 9. The van der Waals surface area contributed by atoms with Crippen molar-refractivity contribution in [2.24, 2.45) is 0 Å². The number of nitrogens with zero attached hydrogens (tertiary/aromatic N) is 4. The summed E-state index contributed by atoms with van der Waals surface area (Å²) in [6.45, 7) is 6.05. The first kappa shape index (κ1) is 25.9. The number of halogens is 1. The third-order valence-corrected chi connectivity index (χ3v) is 6.11. The molecule has 0 fully saturated rings. The fourth-order valence-corrected chi connectivity index (χ4v) is 4.30. The zero-order valence-electron chi connectivity index (χ0n) is 20.7. The molecule has 192 valence electrons. The number of hydrogen-bond acceptors (Lipinski definition) is 8. The number of aromatic nitrogens is 5. The van der Waals surface area contributed by atoms with E-state index in [2.05, 4.69) is 31.9 Å². The third kappa shape index (κ3) is 4.91. The van der Waals surface area contributed by atoms with Crippen molar-refractivity contribution in [3.63, 3.8) is 0 Å². The lowest BCUT2D eigenvalue weighted by atomic mass is 10.0. The number of aromatic amines is 1. The maximum atomic E-state index is 13.2. The van der Waals surface area contributed by atoms with Crippen LogP contribution in [0.4, 0.5) is 5.69 Å².